The first-order chi connectivity index (χ1) is 8.85. The van der Waals surface area contributed by atoms with E-state index in [4.69, 9.17) is 15.2 Å². The Labute approximate surface area is 114 Å². The molecule has 0 unspecified atom stereocenters. The summed E-state index contributed by atoms with van der Waals surface area (Å²) in [6.45, 7) is 6.06. The zero-order chi connectivity index (χ0) is 14.5. The highest BCUT2D eigenvalue weighted by Crippen LogP contribution is 2.24. The Bertz CT molecular complexity index is 439. The summed E-state index contributed by atoms with van der Waals surface area (Å²) in [5.41, 5.74) is 6.19. The van der Waals surface area contributed by atoms with Gasteiger partial charge in [0, 0.05) is 23.7 Å². The van der Waals surface area contributed by atoms with Crippen LogP contribution in [0.5, 0.6) is 11.5 Å². The number of hydrogen-bond acceptors (Lipinski definition) is 4. The number of carbonyl (C=O) groups excluding carboxylic acids is 1. The third-order valence-corrected chi connectivity index (χ3v) is 2.37. The van der Waals surface area contributed by atoms with Crippen molar-refractivity contribution >= 4 is 5.91 Å². The van der Waals surface area contributed by atoms with Gasteiger partial charge >= 0.3 is 0 Å². The molecule has 0 aliphatic heterocycles. The summed E-state index contributed by atoms with van der Waals surface area (Å²) in [6, 6.07) is 5.37. The van der Waals surface area contributed by atoms with E-state index in [2.05, 4.69) is 5.32 Å². The Kier molecular flexibility index (Phi) is 5.18. The van der Waals surface area contributed by atoms with E-state index < -0.39 is 0 Å². The van der Waals surface area contributed by atoms with E-state index in [-0.39, 0.29) is 18.1 Å². The van der Waals surface area contributed by atoms with Gasteiger partial charge in [-0.2, -0.15) is 0 Å². The van der Waals surface area contributed by atoms with Gasteiger partial charge in [-0.1, -0.05) is 6.07 Å². The van der Waals surface area contributed by atoms with Crippen LogP contribution in [0.15, 0.2) is 18.2 Å². The highest BCUT2D eigenvalue weighted by molar-refractivity contribution is 5.78. The fourth-order valence-corrected chi connectivity index (χ4v) is 1.56. The van der Waals surface area contributed by atoms with Gasteiger partial charge in [0.05, 0.1) is 7.11 Å². The maximum Gasteiger partial charge on any atom is 0.258 e. The summed E-state index contributed by atoms with van der Waals surface area (Å²) >= 11 is 0. The van der Waals surface area contributed by atoms with Crippen molar-refractivity contribution in [2.24, 2.45) is 5.73 Å². The van der Waals surface area contributed by atoms with Gasteiger partial charge in [0.1, 0.15) is 11.5 Å². The average Bonchev–Trinajstić information content (AvgIpc) is 2.33. The van der Waals surface area contributed by atoms with Gasteiger partial charge in [0.15, 0.2) is 6.61 Å². The molecule has 0 saturated heterocycles. The first kappa shape index (κ1) is 15.3. The van der Waals surface area contributed by atoms with Crippen molar-refractivity contribution in [1.82, 2.24) is 5.32 Å². The second-order valence-electron chi connectivity index (χ2n) is 5.26. The minimum atomic E-state index is -0.272. The molecule has 1 amide bonds. The predicted molar refractivity (Wildman–Crippen MR) is 74.3 cm³/mol. The van der Waals surface area contributed by atoms with Gasteiger partial charge in [-0.3, -0.25) is 4.79 Å². The summed E-state index contributed by atoms with van der Waals surface area (Å²) in [7, 11) is 1.58. The average molecular weight is 266 g/mol. The maximum atomic E-state index is 11.7. The van der Waals surface area contributed by atoms with Crippen molar-refractivity contribution in [2.45, 2.75) is 32.9 Å². The van der Waals surface area contributed by atoms with Crippen LogP contribution in [0.25, 0.3) is 0 Å². The lowest BCUT2D eigenvalue weighted by atomic mass is 10.1. The fraction of sp³-hybridized carbons (Fsp3) is 0.500. The monoisotopic (exact) mass is 266 g/mol. The van der Waals surface area contributed by atoms with Crippen LogP contribution in [0.3, 0.4) is 0 Å². The maximum absolute atomic E-state index is 11.7. The minimum Gasteiger partial charge on any atom is -0.497 e. The Morgan fingerprint density at radius 1 is 1.37 bits per heavy atom. The minimum absolute atomic E-state index is 0.0442. The second-order valence-corrected chi connectivity index (χ2v) is 5.26. The summed E-state index contributed by atoms with van der Waals surface area (Å²) in [5.74, 6) is 1.08. The Morgan fingerprint density at radius 3 is 2.58 bits per heavy atom. The summed E-state index contributed by atoms with van der Waals surface area (Å²) in [6.07, 6.45) is 0. The Balaban J connectivity index is 2.68. The van der Waals surface area contributed by atoms with E-state index >= 15 is 0 Å². The third-order valence-electron chi connectivity index (χ3n) is 2.37. The van der Waals surface area contributed by atoms with Crippen molar-refractivity contribution in [1.29, 1.82) is 0 Å². The van der Waals surface area contributed by atoms with E-state index in [1.54, 1.807) is 13.2 Å². The number of benzene rings is 1. The number of methoxy groups -OCH3 is 1. The van der Waals surface area contributed by atoms with E-state index in [9.17, 15) is 4.79 Å². The lowest BCUT2D eigenvalue weighted by Gasteiger charge is -2.20. The first-order valence-corrected chi connectivity index (χ1v) is 6.16. The van der Waals surface area contributed by atoms with Gasteiger partial charge in [-0.15, -0.1) is 0 Å². The molecule has 0 heterocycles. The Morgan fingerprint density at radius 2 is 2.05 bits per heavy atom. The quantitative estimate of drug-likeness (QED) is 0.846. The summed E-state index contributed by atoms with van der Waals surface area (Å²) < 4.78 is 10.6. The van der Waals surface area contributed by atoms with Crippen LogP contribution in [0.2, 0.25) is 0 Å². The first-order valence-electron chi connectivity index (χ1n) is 6.16. The van der Waals surface area contributed by atoms with Crippen molar-refractivity contribution in [3.8, 4) is 11.5 Å². The number of amides is 1. The van der Waals surface area contributed by atoms with E-state index in [0.717, 1.165) is 5.56 Å². The van der Waals surface area contributed by atoms with Crippen LogP contribution in [0.1, 0.15) is 26.3 Å². The summed E-state index contributed by atoms with van der Waals surface area (Å²) in [4.78, 5) is 11.7. The molecular formula is C14H22N2O3. The number of carbonyl (C=O) groups is 1. The van der Waals surface area contributed by atoms with Gasteiger partial charge in [-0.05, 0) is 26.8 Å². The number of nitrogens with one attached hydrogen (secondary N) is 1. The molecule has 0 radical (unpaired) electrons. The molecule has 1 aromatic carbocycles. The van der Waals surface area contributed by atoms with Crippen LogP contribution in [0.4, 0.5) is 0 Å². The molecule has 0 atom stereocenters. The third kappa shape index (κ3) is 5.18. The topological polar surface area (TPSA) is 73.6 Å². The van der Waals surface area contributed by atoms with Crippen molar-refractivity contribution in [3.05, 3.63) is 23.8 Å². The lowest BCUT2D eigenvalue weighted by molar-refractivity contribution is -0.124. The van der Waals surface area contributed by atoms with Gasteiger partial charge in [0.25, 0.3) is 5.91 Å². The molecule has 0 fully saturated rings. The second kappa shape index (κ2) is 6.43. The SMILES string of the molecule is COc1ccc(CN)c(OCC(=O)NC(C)(C)C)c1. The molecule has 0 spiro atoms. The van der Waals surface area contributed by atoms with Crippen LogP contribution >= 0.6 is 0 Å². The number of nitrogens with two attached hydrogens (primary N) is 1. The normalized spacial score (nSPS) is 11.0. The van der Waals surface area contributed by atoms with Gasteiger partial charge in [0.2, 0.25) is 0 Å². The molecule has 0 saturated carbocycles. The molecule has 0 aliphatic rings. The zero-order valence-corrected chi connectivity index (χ0v) is 11.9. The van der Waals surface area contributed by atoms with E-state index in [1.807, 2.05) is 32.9 Å². The van der Waals surface area contributed by atoms with Crippen molar-refractivity contribution < 1.29 is 14.3 Å². The van der Waals surface area contributed by atoms with E-state index in [0.29, 0.717) is 18.0 Å². The van der Waals surface area contributed by atoms with Gasteiger partial charge in [-0.25, -0.2) is 0 Å². The molecule has 0 aromatic heterocycles. The molecule has 19 heavy (non-hydrogen) atoms. The molecule has 0 aliphatic carbocycles. The number of ether oxygens (including phenoxy) is 2. The number of rotatable bonds is 5. The molecular weight excluding hydrogens is 244 g/mol. The Hall–Kier alpha value is -1.75. The predicted octanol–water partition coefficient (Wildman–Crippen LogP) is 1.45. The van der Waals surface area contributed by atoms with Crippen LogP contribution in [-0.2, 0) is 11.3 Å². The summed E-state index contributed by atoms with van der Waals surface area (Å²) in [5, 5.41) is 2.83. The van der Waals surface area contributed by atoms with E-state index in [1.165, 1.54) is 0 Å². The van der Waals surface area contributed by atoms with Crippen LogP contribution in [0, 0.1) is 0 Å². The molecule has 5 heteroatoms. The molecule has 5 nitrogen and oxygen atoms in total. The standard InChI is InChI=1S/C14H22N2O3/c1-14(2,3)16-13(17)9-19-12-7-11(18-4)6-5-10(12)8-15/h5-7H,8-9,15H2,1-4H3,(H,16,17). The van der Waals surface area contributed by atoms with Crippen LogP contribution in [-0.4, -0.2) is 25.2 Å². The van der Waals surface area contributed by atoms with Gasteiger partial charge < -0.3 is 20.5 Å². The smallest absolute Gasteiger partial charge is 0.258 e. The fourth-order valence-electron chi connectivity index (χ4n) is 1.56. The number of hydrogen-bond donors (Lipinski definition) is 2. The molecule has 1 rings (SSSR count). The van der Waals surface area contributed by atoms with Crippen LogP contribution < -0.4 is 20.5 Å². The highest BCUT2D eigenvalue weighted by atomic mass is 16.5. The lowest BCUT2D eigenvalue weighted by Crippen LogP contribution is -2.43. The van der Waals surface area contributed by atoms with Crippen molar-refractivity contribution in [2.75, 3.05) is 13.7 Å². The zero-order valence-electron chi connectivity index (χ0n) is 11.9. The van der Waals surface area contributed by atoms with Crippen molar-refractivity contribution in [3.63, 3.8) is 0 Å². The molecule has 0 bridgehead atoms. The molecule has 1 aromatic rings. The molecule has 106 valence electrons. The highest BCUT2D eigenvalue weighted by Gasteiger charge is 2.14. The molecule has 3 N–H and O–H groups in total. The largest absolute Gasteiger partial charge is 0.497 e.